The molecule has 4 rings (SSSR count). The van der Waals surface area contributed by atoms with Crippen LogP contribution in [0.1, 0.15) is 33.5 Å². The lowest BCUT2D eigenvalue weighted by Crippen LogP contribution is -2.49. The Balaban J connectivity index is 1.70. The summed E-state index contributed by atoms with van der Waals surface area (Å²) >= 11 is 6.37. The number of carbonyl (C=O) groups is 1. The van der Waals surface area contributed by atoms with E-state index in [1.165, 1.54) is 0 Å². The molecule has 0 radical (unpaired) electrons. The standard InChI is InChI=1S/C20H21ClN6O/c1-13-10-14(2)27(25-13)18-6-5-16(21)19(24-18)20(28)26-9-8-23-12-17(26)15-4-3-7-22-11-15/h3-7,10-11,17,23H,8-9,12H2,1-2H3. The highest BCUT2D eigenvalue weighted by atomic mass is 35.5. The topological polar surface area (TPSA) is 75.9 Å². The molecule has 1 aliphatic rings. The van der Waals surface area contributed by atoms with E-state index >= 15 is 0 Å². The third-order valence-corrected chi connectivity index (χ3v) is 5.14. The molecule has 0 bridgehead atoms. The van der Waals surface area contributed by atoms with Crippen molar-refractivity contribution in [1.29, 1.82) is 0 Å². The van der Waals surface area contributed by atoms with E-state index in [0.29, 0.717) is 23.9 Å². The van der Waals surface area contributed by atoms with Gasteiger partial charge in [-0.15, -0.1) is 0 Å². The molecule has 0 saturated carbocycles. The van der Waals surface area contributed by atoms with E-state index < -0.39 is 0 Å². The summed E-state index contributed by atoms with van der Waals surface area (Å²) in [5.41, 5.74) is 3.05. The zero-order chi connectivity index (χ0) is 19.7. The summed E-state index contributed by atoms with van der Waals surface area (Å²) < 4.78 is 1.72. The SMILES string of the molecule is Cc1cc(C)n(-c2ccc(Cl)c(C(=O)N3CCNCC3c3cccnc3)n2)n1. The first-order valence-corrected chi connectivity index (χ1v) is 9.54. The number of aromatic nitrogens is 4. The minimum absolute atomic E-state index is 0.120. The van der Waals surface area contributed by atoms with Crippen molar-refractivity contribution < 1.29 is 4.79 Å². The van der Waals surface area contributed by atoms with Crippen LogP contribution in [0.15, 0.2) is 42.7 Å². The third-order valence-electron chi connectivity index (χ3n) is 4.83. The number of aryl methyl sites for hydroxylation is 2. The highest BCUT2D eigenvalue weighted by Crippen LogP contribution is 2.26. The van der Waals surface area contributed by atoms with E-state index in [9.17, 15) is 4.79 Å². The molecule has 1 saturated heterocycles. The summed E-state index contributed by atoms with van der Waals surface area (Å²) in [6.45, 7) is 5.82. The first-order chi connectivity index (χ1) is 13.5. The van der Waals surface area contributed by atoms with Crippen molar-refractivity contribution >= 4 is 17.5 Å². The van der Waals surface area contributed by atoms with Crippen molar-refractivity contribution in [2.24, 2.45) is 0 Å². The van der Waals surface area contributed by atoms with Crippen molar-refractivity contribution in [1.82, 2.24) is 30.0 Å². The maximum Gasteiger partial charge on any atom is 0.274 e. The van der Waals surface area contributed by atoms with Gasteiger partial charge in [0.2, 0.25) is 0 Å². The molecule has 3 aromatic rings. The lowest BCUT2D eigenvalue weighted by Gasteiger charge is -2.36. The molecule has 1 atom stereocenters. The lowest BCUT2D eigenvalue weighted by atomic mass is 10.0. The van der Waals surface area contributed by atoms with E-state index in [4.69, 9.17) is 11.6 Å². The Bertz CT molecular complexity index is 1000. The van der Waals surface area contributed by atoms with Crippen LogP contribution in [-0.2, 0) is 0 Å². The molecule has 144 valence electrons. The number of piperazine rings is 1. The van der Waals surface area contributed by atoms with Gasteiger partial charge in [0.15, 0.2) is 5.82 Å². The van der Waals surface area contributed by atoms with Gasteiger partial charge in [-0.25, -0.2) is 9.67 Å². The van der Waals surface area contributed by atoms with E-state index in [-0.39, 0.29) is 17.6 Å². The van der Waals surface area contributed by atoms with Gasteiger partial charge in [0.05, 0.1) is 16.8 Å². The first kappa shape index (κ1) is 18.6. The maximum atomic E-state index is 13.4. The Kier molecular flexibility index (Phi) is 5.11. The number of rotatable bonds is 3. The van der Waals surface area contributed by atoms with Crippen molar-refractivity contribution in [3.8, 4) is 5.82 Å². The second kappa shape index (κ2) is 7.69. The fourth-order valence-corrected chi connectivity index (χ4v) is 3.70. The Morgan fingerprint density at radius 3 is 2.86 bits per heavy atom. The molecule has 0 aromatic carbocycles. The van der Waals surface area contributed by atoms with Crippen LogP contribution >= 0.6 is 11.6 Å². The molecule has 28 heavy (non-hydrogen) atoms. The van der Waals surface area contributed by atoms with Crippen LogP contribution in [-0.4, -0.2) is 50.2 Å². The summed E-state index contributed by atoms with van der Waals surface area (Å²) in [4.78, 5) is 23.9. The number of amides is 1. The monoisotopic (exact) mass is 396 g/mol. The van der Waals surface area contributed by atoms with Crippen LogP contribution in [0.3, 0.4) is 0 Å². The van der Waals surface area contributed by atoms with Crippen molar-refractivity contribution in [2.75, 3.05) is 19.6 Å². The number of nitrogens with zero attached hydrogens (tertiary/aromatic N) is 5. The third kappa shape index (κ3) is 3.50. The fraction of sp³-hybridized carbons (Fsp3) is 0.300. The predicted octanol–water partition coefficient (Wildman–Crippen LogP) is 2.72. The normalized spacial score (nSPS) is 17.0. The minimum Gasteiger partial charge on any atom is -0.328 e. The van der Waals surface area contributed by atoms with Gasteiger partial charge in [0, 0.05) is 37.7 Å². The molecule has 0 aliphatic carbocycles. The van der Waals surface area contributed by atoms with Gasteiger partial charge >= 0.3 is 0 Å². The van der Waals surface area contributed by atoms with Crippen LogP contribution in [0, 0.1) is 13.8 Å². The summed E-state index contributed by atoms with van der Waals surface area (Å²) in [6.07, 6.45) is 3.52. The summed E-state index contributed by atoms with van der Waals surface area (Å²) in [6, 6.07) is 9.18. The summed E-state index contributed by atoms with van der Waals surface area (Å²) in [7, 11) is 0. The molecule has 1 unspecified atom stereocenters. The Hall–Kier alpha value is -2.77. The van der Waals surface area contributed by atoms with Crippen LogP contribution in [0.4, 0.5) is 0 Å². The van der Waals surface area contributed by atoms with Gasteiger partial charge in [0.25, 0.3) is 5.91 Å². The predicted molar refractivity (Wildman–Crippen MR) is 107 cm³/mol. The summed E-state index contributed by atoms with van der Waals surface area (Å²) in [5, 5.41) is 8.13. The number of carbonyl (C=O) groups excluding carboxylic acids is 1. The fourth-order valence-electron chi connectivity index (χ4n) is 3.51. The van der Waals surface area contributed by atoms with Gasteiger partial charge in [-0.05, 0) is 43.7 Å². The molecule has 1 aliphatic heterocycles. The number of pyridine rings is 2. The highest BCUT2D eigenvalue weighted by molar-refractivity contribution is 6.33. The molecule has 7 nitrogen and oxygen atoms in total. The van der Waals surface area contributed by atoms with Crippen LogP contribution < -0.4 is 5.32 Å². The highest BCUT2D eigenvalue weighted by Gasteiger charge is 2.31. The van der Waals surface area contributed by atoms with Crippen molar-refractivity contribution in [2.45, 2.75) is 19.9 Å². The average Bonchev–Trinajstić information content (AvgIpc) is 3.06. The zero-order valence-electron chi connectivity index (χ0n) is 15.8. The number of hydrogen-bond donors (Lipinski definition) is 1. The lowest BCUT2D eigenvalue weighted by molar-refractivity contribution is 0.0628. The quantitative estimate of drug-likeness (QED) is 0.736. The van der Waals surface area contributed by atoms with E-state index in [1.54, 1.807) is 29.2 Å². The molecular weight excluding hydrogens is 376 g/mol. The van der Waals surface area contributed by atoms with E-state index in [1.807, 2.05) is 36.9 Å². The maximum absolute atomic E-state index is 13.4. The largest absolute Gasteiger partial charge is 0.328 e. The smallest absolute Gasteiger partial charge is 0.274 e. The second-order valence-corrected chi connectivity index (χ2v) is 7.25. The number of nitrogens with one attached hydrogen (secondary N) is 1. The van der Waals surface area contributed by atoms with Gasteiger partial charge in [-0.3, -0.25) is 9.78 Å². The minimum atomic E-state index is -0.191. The summed E-state index contributed by atoms with van der Waals surface area (Å²) in [5.74, 6) is 0.384. The van der Waals surface area contributed by atoms with Crippen LogP contribution in [0.25, 0.3) is 5.82 Å². The molecular formula is C20H21ClN6O. The van der Waals surface area contributed by atoms with E-state index in [0.717, 1.165) is 23.5 Å². The first-order valence-electron chi connectivity index (χ1n) is 9.16. The second-order valence-electron chi connectivity index (χ2n) is 6.84. The average molecular weight is 397 g/mol. The molecule has 1 fully saturated rings. The van der Waals surface area contributed by atoms with Crippen LogP contribution in [0.5, 0.6) is 0 Å². The molecule has 4 heterocycles. The van der Waals surface area contributed by atoms with Gasteiger partial charge < -0.3 is 10.2 Å². The molecule has 1 N–H and O–H groups in total. The molecule has 1 amide bonds. The Morgan fingerprint density at radius 2 is 2.14 bits per heavy atom. The molecule has 0 spiro atoms. The van der Waals surface area contributed by atoms with E-state index in [2.05, 4.69) is 20.4 Å². The van der Waals surface area contributed by atoms with Gasteiger partial charge in [-0.1, -0.05) is 17.7 Å². The molecule has 3 aromatic heterocycles. The zero-order valence-corrected chi connectivity index (χ0v) is 16.5. The number of hydrogen-bond acceptors (Lipinski definition) is 5. The van der Waals surface area contributed by atoms with Crippen LogP contribution in [0.2, 0.25) is 5.02 Å². The van der Waals surface area contributed by atoms with Gasteiger partial charge in [0.1, 0.15) is 5.69 Å². The van der Waals surface area contributed by atoms with Crippen molar-refractivity contribution in [3.05, 3.63) is 70.4 Å². The Morgan fingerprint density at radius 1 is 1.29 bits per heavy atom. The Labute approximate surface area is 168 Å². The molecule has 8 heteroatoms. The van der Waals surface area contributed by atoms with Gasteiger partial charge in [-0.2, -0.15) is 5.10 Å². The number of halogens is 1. The van der Waals surface area contributed by atoms with Crippen molar-refractivity contribution in [3.63, 3.8) is 0 Å².